The van der Waals surface area contributed by atoms with Crippen LogP contribution in [0.15, 0.2) is 70.8 Å². The van der Waals surface area contributed by atoms with Crippen LogP contribution in [0.4, 0.5) is 10.5 Å². The van der Waals surface area contributed by atoms with Gasteiger partial charge in [-0.25, -0.2) is 14.5 Å². The number of carboxylic acids is 1. The van der Waals surface area contributed by atoms with E-state index in [1.54, 1.807) is 48.5 Å². The molecule has 1 fully saturated rings. The Hall–Kier alpha value is -4.84. The van der Waals surface area contributed by atoms with E-state index in [2.05, 4.69) is 26.6 Å². The number of urea groups is 1. The van der Waals surface area contributed by atoms with Crippen LogP contribution in [-0.2, 0) is 16.2 Å². The number of benzene rings is 3. The zero-order chi connectivity index (χ0) is 28.8. The van der Waals surface area contributed by atoms with Crippen LogP contribution in [0.25, 0.3) is 6.08 Å². The van der Waals surface area contributed by atoms with E-state index in [4.69, 9.17) is 14.2 Å². The number of nitrogens with one attached hydrogen (secondary N) is 2. The van der Waals surface area contributed by atoms with Crippen LogP contribution in [0, 0.1) is 0 Å². The number of methoxy groups -OCH3 is 2. The molecule has 0 unspecified atom stereocenters. The van der Waals surface area contributed by atoms with Crippen LogP contribution in [0.5, 0.6) is 17.2 Å². The molecule has 11 nitrogen and oxygen atoms in total. The molecule has 40 heavy (non-hydrogen) atoms. The molecule has 4 rings (SSSR count). The quantitative estimate of drug-likeness (QED) is 0.228. The summed E-state index contributed by atoms with van der Waals surface area (Å²) < 4.78 is 17.0. The van der Waals surface area contributed by atoms with Gasteiger partial charge >= 0.3 is 12.0 Å². The van der Waals surface area contributed by atoms with Gasteiger partial charge in [-0.3, -0.25) is 9.59 Å². The number of para-hydroxylation sites is 2. The number of hydrogen-bond donors (Lipinski definition) is 3. The molecular formula is C28H24BrN3O8. The molecule has 3 N–H and O–H groups in total. The number of ether oxygens (including phenoxy) is 3. The van der Waals surface area contributed by atoms with Crippen LogP contribution in [0.1, 0.15) is 21.5 Å². The summed E-state index contributed by atoms with van der Waals surface area (Å²) in [7, 11) is 2.91. The Bertz CT molecular complexity index is 1520. The number of carboxylic acid groups (broad SMARTS) is 1. The number of nitrogens with zero attached hydrogens (tertiary/aromatic N) is 1. The summed E-state index contributed by atoms with van der Waals surface area (Å²) in [6, 6.07) is 15.7. The molecule has 0 aliphatic carbocycles. The molecule has 1 heterocycles. The van der Waals surface area contributed by atoms with Gasteiger partial charge in [0, 0.05) is 0 Å². The predicted octanol–water partition coefficient (Wildman–Crippen LogP) is 4.27. The maximum atomic E-state index is 12.9. The molecule has 1 saturated heterocycles. The minimum absolute atomic E-state index is 0.0248. The summed E-state index contributed by atoms with van der Waals surface area (Å²) in [5.41, 5.74) is 1.68. The van der Waals surface area contributed by atoms with Crippen molar-refractivity contribution in [2.24, 2.45) is 0 Å². The Kier molecular flexibility index (Phi) is 8.70. The number of halogens is 1. The van der Waals surface area contributed by atoms with Crippen molar-refractivity contribution in [1.82, 2.24) is 10.2 Å². The molecule has 12 heteroatoms. The first kappa shape index (κ1) is 28.2. The van der Waals surface area contributed by atoms with Gasteiger partial charge in [-0.05, 0) is 69.5 Å². The highest BCUT2D eigenvalue weighted by Gasteiger charge is 2.35. The van der Waals surface area contributed by atoms with Crippen LogP contribution < -0.4 is 24.8 Å². The Morgan fingerprint density at radius 1 is 1.02 bits per heavy atom. The summed E-state index contributed by atoms with van der Waals surface area (Å²) in [6.07, 6.45) is 1.45. The Labute approximate surface area is 237 Å². The molecule has 4 amide bonds. The molecule has 1 aliphatic rings. The van der Waals surface area contributed by atoms with Crippen molar-refractivity contribution in [1.29, 1.82) is 0 Å². The summed E-state index contributed by atoms with van der Waals surface area (Å²) in [5, 5.41) is 14.3. The lowest BCUT2D eigenvalue weighted by molar-refractivity contribution is -0.127. The first-order valence-corrected chi connectivity index (χ1v) is 12.6. The monoisotopic (exact) mass is 609 g/mol. The topological polar surface area (TPSA) is 144 Å². The van der Waals surface area contributed by atoms with E-state index >= 15 is 0 Å². The SMILES string of the molecule is COc1ccccc1NC(=O)CN1C(=O)N/C(=C/c2cc(Br)c(OCc3cccc(C(=O)O)c3)c(OC)c2)C1=O. The highest BCUT2D eigenvalue weighted by atomic mass is 79.9. The maximum Gasteiger partial charge on any atom is 0.335 e. The van der Waals surface area contributed by atoms with Crippen molar-refractivity contribution in [3.8, 4) is 17.2 Å². The molecule has 0 radical (unpaired) electrons. The lowest BCUT2D eigenvalue weighted by atomic mass is 10.1. The number of hydrogen-bond acceptors (Lipinski definition) is 7. The number of imide groups is 1. The van der Waals surface area contributed by atoms with Crippen molar-refractivity contribution in [2.45, 2.75) is 6.61 Å². The van der Waals surface area contributed by atoms with E-state index < -0.39 is 30.4 Å². The van der Waals surface area contributed by atoms with E-state index in [1.165, 1.54) is 32.4 Å². The van der Waals surface area contributed by atoms with Gasteiger partial charge in [0.25, 0.3) is 5.91 Å². The summed E-state index contributed by atoms with van der Waals surface area (Å²) in [4.78, 5) is 50.0. The highest BCUT2D eigenvalue weighted by Crippen LogP contribution is 2.38. The summed E-state index contributed by atoms with van der Waals surface area (Å²) in [6.45, 7) is -0.417. The maximum absolute atomic E-state index is 12.9. The zero-order valence-corrected chi connectivity index (χ0v) is 23.0. The fourth-order valence-corrected chi connectivity index (χ4v) is 4.45. The average Bonchev–Trinajstić information content (AvgIpc) is 3.19. The normalized spacial score (nSPS) is 13.7. The number of anilines is 1. The lowest BCUT2D eigenvalue weighted by Gasteiger charge is -2.14. The second-order valence-corrected chi connectivity index (χ2v) is 9.31. The van der Waals surface area contributed by atoms with Gasteiger partial charge in [0.2, 0.25) is 5.91 Å². The fourth-order valence-electron chi connectivity index (χ4n) is 3.88. The van der Waals surface area contributed by atoms with Gasteiger partial charge in [-0.15, -0.1) is 0 Å². The second-order valence-electron chi connectivity index (χ2n) is 8.46. The van der Waals surface area contributed by atoms with E-state index in [0.29, 0.717) is 38.5 Å². The van der Waals surface area contributed by atoms with Crippen molar-refractivity contribution >= 4 is 51.5 Å². The second kappa shape index (κ2) is 12.3. The number of carbonyl (C=O) groups excluding carboxylic acids is 3. The molecule has 0 aromatic heterocycles. The van der Waals surface area contributed by atoms with E-state index in [9.17, 15) is 24.3 Å². The zero-order valence-electron chi connectivity index (χ0n) is 21.4. The smallest absolute Gasteiger partial charge is 0.335 e. The molecule has 3 aromatic rings. The standard InChI is InChI=1S/C28H24BrN3O8/c1-38-22-9-4-3-8-20(22)30-24(33)14-32-26(34)21(31-28(32)37)12-17-11-19(29)25(23(13-17)39-2)40-15-16-6-5-7-18(10-16)27(35)36/h3-13H,14-15H2,1-2H3,(H,30,33)(H,31,37)(H,35,36)/b21-12+. The van der Waals surface area contributed by atoms with Gasteiger partial charge in [-0.2, -0.15) is 0 Å². The highest BCUT2D eigenvalue weighted by molar-refractivity contribution is 9.10. The molecular weight excluding hydrogens is 586 g/mol. The van der Waals surface area contributed by atoms with Gasteiger partial charge in [0.1, 0.15) is 24.6 Å². The number of carbonyl (C=O) groups is 4. The molecule has 3 aromatic carbocycles. The van der Waals surface area contributed by atoms with Crippen LogP contribution in [0.2, 0.25) is 0 Å². The number of amides is 4. The minimum Gasteiger partial charge on any atom is -0.495 e. The molecule has 0 saturated carbocycles. The molecule has 0 spiro atoms. The van der Waals surface area contributed by atoms with E-state index in [1.807, 2.05) is 0 Å². The van der Waals surface area contributed by atoms with Gasteiger partial charge in [0.15, 0.2) is 11.5 Å². The van der Waals surface area contributed by atoms with Gasteiger partial charge in [-0.1, -0.05) is 24.3 Å². The van der Waals surface area contributed by atoms with Crippen LogP contribution in [-0.4, -0.2) is 54.6 Å². The van der Waals surface area contributed by atoms with Crippen molar-refractivity contribution in [2.75, 3.05) is 26.1 Å². The van der Waals surface area contributed by atoms with E-state index in [-0.39, 0.29) is 17.9 Å². The van der Waals surface area contributed by atoms with Crippen molar-refractivity contribution in [3.05, 3.63) is 87.5 Å². The minimum atomic E-state index is -1.04. The van der Waals surface area contributed by atoms with Gasteiger partial charge < -0.3 is 30.0 Å². The largest absolute Gasteiger partial charge is 0.495 e. The molecule has 206 valence electrons. The third-order valence-electron chi connectivity index (χ3n) is 5.76. The third kappa shape index (κ3) is 6.41. The van der Waals surface area contributed by atoms with Crippen molar-refractivity contribution < 1.29 is 38.5 Å². The Morgan fingerprint density at radius 3 is 2.50 bits per heavy atom. The molecule has 0 bridgehead atoms. The molecule has 1 aliphatic heterocycles. The van der Waals surface area contributed by atoms with Crippen molar-refractivity contribution in [3.63, 3.8) is 0 Å². The summed E-state index contributed by atoms with van der Waals surface area (Å²) in [5.74, 6) is -1.15. The van der Waals surface area contributed by atoms with E-state index in [0.717, 1.165) is 4.90 Å². The van der Waals surface area contributed by atoms with Crippen LogP contribution in [0.3, 0.4) is 0 Å². The predicted molar refractivity (Wildman–Crippen MR) is 148 cm³/mol. The van der Waals surface area contributed by atoms with Gasteiger partial charge in [0.05, 0.1) is 29.9 Å². The number of rotatable bonds is 10. The Balaban J connectivity index is 1.47. The lowest BCUT2D eigenvalue weighted by Crippen LogP contribution is -2.38. The van der Waals surface area contributed by atoms with Crippen LogP contribution >= 0.6 is 15.9 Å². The Morgan fingerprint density at radius 2 is 1.77 bits per heavy atom. The third-order valence-corrected chi connectivity index (χ3v) is 6.35. The number of aromatic carboxylic acids is 1. The fraction of sp³-hybridized carbons (Fsp3) is 0.143. The average molecular weight is 610 g/mol. The molecule has 0 atom stereocenters. The first-order valence-electron chi connectivity index (χ1n) is 11.8. The first-order chi connectivity index (χ1) is 19.2. The summed E-state index contributed by atoms with van der Waals surface area (Å²) >= 11 is 3.44.